The summed E-state index contributed by atoms with van der Waals surface area (Å²) < 4.78 is 5.48. The molecule has 25 heavy (non-hydrogen) atoms. The molecule has 0 aromatic heterocycles. The first-order chi connectivity index (χ1) is 11.3. The molecule has 2 amide bonds. The smallest absolute Gasteiger partial charge is 0.410 e. The van der Waals surface area contributed by atoms with Crippen LogP contribution in [0.4, 0.5) is 10.5 Å². The van der Waals surface area contributed by atoms with Gasteiger partial charge >= 0.3 is 6.09 Å². The maximum Gasteiger partial charge on any atom is 0.410 e. The molecule has 0 saturated heterocycles. The Kier molecular flexibility index (Phi) is 6.71. The third-order valence-electron chi connectivity index (χ3n) is 3.32. The zero-order chi connectivity index (χ0) is 19.4. The summed E-state index contributed by atoms with van der Waals surface area (Å²) in [6, 6.07) is 4.96. The van der Waals surface area contributed by atoms with Gasteiger partial charge in [0.25, 0.3) is 0 Å². The van der Waals surface area contributed by atoms with Gasteiger partial charge in [-0.05, 0) is 59.7 Å². The van der Waals surface area contributed by atoms with Gasteiger partial charge in [-0.15, -0.1) is 0 Å². The second-order valence-electron chi connectivity index (χ2n) is 7.79. The normalized spacial score (nSPS) is 11.8. The summed E-state index contributed by atoms with van der Waals surface area (Å²) in [4.78, 5) is 25.4. The van der Waals surface area contributed by atoms with Crippen molar-refractivity contribution in [2.24, 2.45) is 5.73 Å². The van der Waals surface area contributed by atoms with Gasteiger partial charge in [-0.25, -0.2) is 4.79 Å². The van der Waals surface area contributed by atoms with Gasteiger partial charge in [-0.3, -0.25) is 4.79 Å². The molecule has 1 aromatic carbocycles. The van der Waals surface area contributed by atoms with Crippen molar-refractivity contribution >= 4 is 29.3 Å². The molecule has 0 spiro atoms. The van der Waals surface area contributed by atoms with Gasteiger partial charge in [-0.1, -0.05) is 11.6 Å². The fourth-order valence-corrected chi connectivity index (χ4v) is 2.36. The molecule has 0 aliphatic heterocycles. The van der Waals surface area contributed by atoms with Crippen molar-refractivity contribution in [3.8, 4) is 0 Å². The Hall–Kier alpha value is -1.95. The van der Waals surface area contributed by atoms with Crippen LogP contribution in [0.25, 0.3) is 0 Å². The second kappa shape index (κ2) is 7.95. The van der Waals surface area contributed by atoms with Crippen LogP contribution in [-0.4, -0.2) is 41.1 Å². The van der Waals surface area contributed by atoms with Crippen LogP contribution in [-0.2, 0) is 4.74 Å². The number of nitrogens with one attached hydrogen (secondary N) is 1. The average Bonchev–Trinajstić information content (AvgIpc) is 2.41. The maximum atomic E-state index is 12.4. The molecule has 0 atom stereocenters. The average molecular weight is 370 g/mol. The highest BCUT2D eigenvalue weighted by Gasteiger charge is 2.30. The molecule has 1 aromatic rings. The van der Waals surface area contributed by atoms with Crippen LogP contribution < -0.4 is 11.1 Å². The molecule has 0 bridgehead atoms. The van der Waals surface area contributed by atoms with Gasteiger partial charge in [0.2, 0.25) is 5.91 Å². The zero-order valence-electron chi connectivity index (χ0n) is 15.8. The molecule has 0 unspecified atom stereocenters. The molecule has 0 aliphatic carbocycles. The van der Waals surface area contributed by atoms with Gasteiger partial charge in [0.15, 0.2) is 0 Å². The van der Waals surface area contributed by atoms with Crippen molar-refractivity contribution in [3.63, 3.8) is 0 Å². The Bertz CT molecular complexity index is 633. The molecule has 1 rings (SSSR count). The first kappa shape index (κ1) is 21.1. The number of carbonyl (C=O) groups is 2. The van der Waals surface area contributed by atoms with E-state index in [0.29, 0.717) is 23.8 Å². The van der Waals surface area contributed by atoms with E-state index in [1.807, 2.05) is 41.5 Å². The van der Waals surface area contributed by atoms with Crippen molar-refractivity contribution < 1.29 is 14.3 Å². The van der Waals surface area contributed by atoms with Crippen LogP contribution >= 0.6 is 11.6 Å². The number of nitrogens with zero attached hydrogens (tertiary/aromatic N) is 1. The first-order valence-electron chi connectivity index (χ1n) is 8.15. The predicted molar refractivity (Wildman–Crippen MR) is 101 cm³/mol. The number of rotatable bonds is 5. The molecule has 3 N–H and O–H groups in total. The van der Waals surface area contributed by atoms with Gasteiger partial charge in [0.1, 0.15) is 5.60 Å². The molecular formula is C18H28ClN3O3. The lowest BCUT2D eigenvalue weighted by Crippen LogP contribution is -2.49. The van der Waals surface area contributed by atoms with Gasteiger partial charge in [0, 0.05) is 24.3 Å². The number of carbonyl (C=O) groups excluding carboxylic acids is 2. The highest BCUT2D eigenvalue weighted by molar-refractivity contribution is 6.33. The van der Waals surface area contributed by atoms with Crippen molar-refractivity contribution in [2.45, 2.75) is 52.7 Å². The minimum absolute atomic E-state index is 0.256. The Morgan fingerprint density at radius 3 is 2.28 bits per heavy atom. The highest BCUT2D eigenvalue weighted by atomic mass is 35.5. The summed E-state index contributed by atoms with van der Waals surface area (Å²) in [5, 5.41) is 3.48. The lowest BCUT2D eigenvalue weighted by atomic mass is 10.1. The third-order valence-corrected chi connectivity index (χ3v) is 3.65. The van der Waals surface area contributed by atoms with Gasteiger partial charge < -0.3 is 20.7 Å². The number of benzene rings is 1. The number of nitrogens with two attached hydrogens (primary N) is 1. The summed E-state index contributed by atoms with van der Waals surface area (Å²) >= 11 is 5.94. The minimum Gasteiger partial charge on any atom is -0.444 e. The molecule has 6 nitrogen and oxygen atoms in total. The molecule has 0 radical (unpaired) electrons. The van der Waals surface area contributed by atoms with Crippen molar-refractivity contribution in [2.75, 3.05) is 18.4 Å². The van der Waals surface area contributed by atoms with E-state index >= 15 is 0 Å². The first-order valence-corrected chi connectivity index (χ1v) is 8.53. The van der Waals surface area contributed by atoms with E-state index in [1.54, 1.807) is 23.1 Å². The number of primary amides is 1. The van der Waals surface area contributed by atoms with E-state index < -0.39 is 11.5 Å². The number of hydrogen-bond acceptors (Lipinski definition) is 4. The minimum atomic E-state index is -0.585. The van der Waals surface area contributed by atoms with Crippen molar-refractivity contribution in [1.29, 1.82) is 0 Å². The number of halogens is 1. The SMILES string of the molecule is CC(C)(C)OC(=O)N(CCNc1ccc(Cl)c(C(N)=O)c1)C(C)(C)C. The standard InChI is InChI=1S/C18H28ClN3O3/c1-17(2,3)22(16(24)25-18(4,5)6)10-9-21-12-7-8-14(19)13(11-12)15(20)23/h7-8,11,21H,9-10H2,1-6H3,(H2,20,23). The summed E-state index contributed by atoms with van der Waals surface area (Å²) in [7, 11) is 0. The molecule has 0 saturated carbocycles. The van der Waals surface area contributed by atoms with E-state index in [1.165, 1.54) is 0 Å². The Morgan fingerprint density at radius 1 is 1.20 bits per heavy atom. The lowest BCUT2D eigenvalue weighted by Gasteiger charge is -2.37. The monoisotopic (exact) mass is 369 g/mol. The molecular weight excluding hydrogens is 342 g/mol. The summed E-state index contributed by atoms with van der Waals surface area (Å²) in [6.07, 6.45) is -0.365. The quantitative estimate of drug-likeness (QED) is 0.824. The van der Waals surface area contributed by atoms with Gasteiger partial charge in [0.05, 0.1) is 10.6 Å². The van der Waals surface area contributed by atoms with Crippen LogP contribution in [0.1, 0.15) is 51.9 Å². The van der Waals surface area contributed by atoms with Gasteiger partial charge in [-0.2, -0.15) is 0 Å². The van der Waals surface area contributed by atoms with Crippen LogP contribution in [0.2, 0.25) is 5.02 Å². The topological polar surface area (TPSA) is 84.7 Å². The third kappa shape index (κ3) is 6.82. The van der Waals surface area contributed by atoms with Crippen LogP contribution in [0.3, 0.4) is 0 Å². The van der Waals surface area contributed by atoms with Crippen LogP contribution in [0.5, 0.6) is 0 Å². The Morgan fingerprint density at radius 2 is 1.80 bits per heavy atom. The van der Waals surface area contributed by atoms with E-state index in [9.17, 15) is 9.59 Å². The van der Waals surface area contributed by atoms with Crippen molar-refractivity contribution in [3.05, 3.63) is 28.8 Å². The summed E-state index contributed by atoms with van der Waals surface area (Å²) in [5.74, 6) is -0.585. The summed E-state index contributed by atoms with van der Waals surface area (Å²) in [6.45, 7) is 12.3. The molecule has 0 fully saturated rings. The van der Waals surface area contributed by atoms with Crippen molar-refractivity contribution in [1.82, 2.24) is 4.90 Å². The number of ether oxygens (including phenoxy) is 1. The predicted octanol–water partition coefficient (Wildman–Crippen LogP) is 3.89. The molecule has 0 heterocycles. The molecule has 0 aliphatic rings. The number of anilines is 1. The lowest BCUT2D eigenvalue weighted by molar-refractivity contribution is 0.00748. The molecule has 140 valence electrons. The molecule has 7 heteroatoms. The van der Waals surface area contributed by atoms with Crippen LogP contribution in [0, 0.1) is 0 Å². The zero-order valence-corrected chi connectivity index (χ0v) is 16.5. The van der Waals surface area contributed by atoms with E-state index in [4.69, 9.17) is 22.1 Å². The number of hydrogen-bond donors (Lipinski definition) is 2. The number of amides is 2. The fraction of sp³-hybridized carbons (Fsp3) is 0.556. The highest BCUT2D eigenvalue weighted by Crippen LogP contribution is 2.21. The second-order valence-corrected chi connectivity index (χ2v) is 8.20. The van der Waals surface area contributed by atoms with Crippen LogP contribution in [0.15, 0.2) is 18.2 Å². The Balaban J connectivity index is 2.77. The summed E-state index contributed by atoms with van der Waals surface area (Å²) in [5.41, 5.74) is 5.31. The van der Waals surface area contributed by atoms with E-state index in [0.717, 1.165) is 0 Å². The van der Waals surface area contributed by atoms with E-state index in [2.05, 4.69) is 5.32 Å². The van der Waals surface area contributed by atoms with E-state index in [-0.39, 0.29) is 17.2 Å². The largest absolute Gasteiger partial charge is 0.444 e. The fourth-order valence-electron chi connectivity index (χ4n) is 2.15. The Labute approximate surface area is 154 Å². The maximum absolute atomic E-state index is 12.4.